The zero-order valence-electron chi connectivity index (χ0n) is 19.3. The van der Waals surface area contributed by atoms with E-state index in [-0.39, 0.29) is 29.7 Å². The minimum Gasteiger partial charge on any atom is -0.459 e. The highest BCUT2D eigenvalue weighted by Crippen LogP contribution is 2.17. The third kappa shape index (κ3) is 5.01. The quantitative estimate of drug-likeness (QED) is 0.453. The van der Waals surface area contributed by atoms with E-state index in [1.165, 1.54) is 6.26 Å². The summed E-state index contributed by atoms with van der Waals surface area (Å²) in [7, 11) is 0. The highest BCUT2D eigenvalue weighted by Gasteiger charge is 2.15. The molecule has 3 heterocycles. The van der Waals surface area contributed by atoms with E-state index < -0.39 is 0 Å². The van der Waals surface area contributed by atoms with Gasteiger partial charge in [-0.25, -0.2) is 4.98 Å². The number of aryl methyl sites for hydroxylation is 1. The maximum Gasteiger partial charge on any atom is 0.291 e. The van der Waals surface area contributed by atoms with Crippen LogP contribution in [0.4, 0.5) is 5.69 Å². The van der Waals surface area contributed by atoms with Crippen molar-refractivity contribution in [2.24, 2.45) is 0 Å². The lowest BCUT2D eigenvalue weighted by atomic mass is 10.1. The first-order valence-corrected chi connectivity index (χ1v) is 11.8. The molecule has 4 aromatic rings. The van der Waals surface area contributed by atoms with Gasteiger partial charge in [0.2, 0.25) is 0 Å². The average molecular weight is 471 g/mol. The Balaban J connectivity index is 1.29. The van der Waals surface area contributed by atoms with E-state index in [0.29, 0.717) is 28.7 Å². The van der Waals surface area contributed by atoms with Crippen molar-refractivity contribution in [3.05, 3.63) is 93.9 Å². The highest BCUT2D eigenvalue weighted by molar-refractivity contribution is 6.02. The predicted octanol–water partition coefficient (Wildman–Crippen LogP) is 4.29. The summed E-state index contributed by atoms with van der Waals surface area (Å²) in [5, 5.41) is 6.21. The number of furan rings is 1. The van der Waals surface area contributed by atoms with Gasteiger partial charge < -0.3 is 15.1 Å². The van der Waals surface area contributed by atoms with Crippen LogP contribution in [0.5, 0.6) is 0 Å². The molecule has 178 valence electrons. The van der Waals surface area contributed by atoms with Crippen LogP contribution in [0.1, 0.15) is 58.0 Å². The fourth-order valence-corrected chi connectivity index (χ4v) is 4.38. The van der Waals surface area contributed by atoms with Crippen LogP contribution in [0.3, 0.4) is 0 Å². The number of hydrogen-bond acceptors (Lipinski definition) is 5. The molecule has 0 fully saturated rings. The zero-order chi connectivity index (χ0) is 24.2. The number of rotatable bonds is 5. The molecule has 0 atom stereocenters. The summed E-state index contributed by atoms with van der Waals surface area (Å²) in [6, 6.07) is 15.5. The van der Waals surface area contributed by atoms with Crippen molar-refractivity contribution in [3.63, 3.8) is 0 Å². The van der Waals surface area contributed by atoms with Crippen molar-refractivity contribution in [3.8, 4) is 0 Å². The number of aromatic nitrogens is 2. The second-order valence-corrected chi connectivity index (χ2v) is 8.70. The Hall–Kier alpha value is -4.20. The van der Waals surface area contributed by atoms with Crippen LogP contribution < -0.4 is 16.2 Å². The molecule has 2 aromatic carbocycles. The number of hydrogen-bond donors (Lipinski definition) is 2. The predicted molar refractivity (Wildman–Crippen MR) is 132 cm³/mol. The van der Waals surface area contributed by atoms with Gasteiger partial charge in [-0.2, -0.15) is 0 Å². The molecule has 0 spiro atoms. The Morgan fingerprint density at radius 2 is 1.86 bits per heavy atom. The first-order chi connectivity index (χ1) is 17.1. The first kappa shape index (κ1) is 22.6. The number of amides is 2. The summed E-state index contributed by atoms with van der Waals surface area (Å²) in [5.41, 5.74) is 2.39. The van der Waals surface area contributed by atoms with Gasteiger partial charge in [0.15, 0.2) is 5.76 Å². The van der Waals surface area contributed by atoms with Crippen LogP contribution in [0.15, 0.2) is 70.1 Å². The lowest BCUT2D eigenvalue weighted by molar-refractivity contribution is 0.0949. The molecule has 0 unspecified atom stereocenters. The molecular formula is C27H26N4O4. The molecule has 1 aliphatic heterocycles. The van der Waals surface area contributed by atoms with Crippen molar-refractivity contribution in [1.29, 1.82) is 0 Å². The van der Waals surface area contributed by atoms with E-state index in [0.717, 1.165) is 43.5 Å². The molecule has 0 saturated heterocycles. The Bertz CT molecular complexity index is 1440. The van der Waals surface area contributed by atoms with E-state index in [1.807, 2.05) is 6.07 Å². The maximum absolute atomic E-state index is 13.0. The molecule has 0 radical (unpaired) electrons. The summed E-state index contributed by atoms with van der Waals surface area (Å²) in [6.45, 7) is 0.974. The van der Waals surface area contributed by atoms with Crippen molar-refractivity contribution in [1.82, 2.24) is 14.9 Å². The average Bonchev–Trinajstić information content (AvgIpc) is 3.39. The summed E-state index contributed by atoms with van der Waals surface area (Å²) in [6.07, 6.45) is 6.48. The number of carbonyl (C=O) groups is 2. The Labute approximate surface area is 202 Å². The van der Waals surface area contributed by atoms with Crippen LogP contribution in [0, 0.1) is 0 Å². The van der Waals surface area contributed by atoms with Gasteiger partial charge in [0.25, 0.3) is 17.4 Å². The third-order valence-electron chi connectivity index (χ3n) is 6.21. The van der Waals surface area contributed by atoms with Gasteiger partial charge in [-0.15, -0.1) is 0 Å². The van der Waals surface area contributed by atoms with Gasteiger partial charge >= 0.3 is 0 Å². The lowest BCUT2D eigenvalue weighted by Crippen LogP contribution is -2.27. The number of benzene rings is 2. The highest BCUT2D eigenvalue weighted by atomic mass is 16.3. The molecule has 0 bridgehead atoms. The minimum atomic E-state index is -0.343. The lowest BCUT2D eigenvalue weighted by Gasteiger charge is -2.16. The van der Waals surface area contributed by atoms with E-state index in [9.17, 15) is 14.4 Å². The van der Waals surface area contributed by atoms with Gasteiger partial charge in [-0.3, -0.25) is 19.0 Å². The molecular weight excluding hydrogens is 444 g/mol. The normalized spacial score (nSPS) is 13.5. The summed E-state index contributed by atoms with van der Waals surface area (Å²) < 4.78 is 6.90. The first-order valence-electron chi connectivity index (χ1n) is 11.8. The van der Waals surface area contributed by atoms with Gasteiger partial charge in [0.1, 0.15) is 5.82 Å². The fourth-order valence-electron chi connectivity index (χ4n) is 4.38. The molecule has 5 rings (SSSR count). The topological polar surface area (TPSA) is 106 Å². The van der Waals surface area contributed by atoms with E-state index in [4.69, 9.17) is 9.40 Å². The molecule has 2 amide bonds. The molecule has 2 N–H and O–H groups in total. The number of nitrogens with one attached hydrogen (secondary N) is 2. The van der Waals surface area contributed by atoms with E-state index in [2.05, 4.69) is 10.6 Å². The van der Waals surface area contributed by atoms with Crippen LogP contribution in [-0.4, -0.2) is 21.4 Å². The SMILES string of the molecule is O=C(NCc1cccc(NC(=O)c2ccco2)c1)c1ccc2c(=O)n3c(nc2c1)CCCCCC3. The van der Waals surface area contributed by atoms with Crippen LogP contribution >= 0.6 is 0 Å². The number of anilines is 1. The summed E-state index contributed by atoms with van der Waals surface area (Å²) in [4.78, 5) is 42.8. The standard InChI is InChI=1S/C27H26N4O4/c32-25(28-17-18-7-5-8-20(15-18)29-26(33)23-9-6-14-35-23)19-11-12-21-22(16-19)30-24-10-3-1-2-4-13-31(24)27(21)34/h5-9,11-12,14-16H,1-4,10,13,17H2,(H,28,32)(H,29,33). The van der Waals surface area contributed by atoms with Crippen molar-refractivity contribution < 1.29 is 14.0 Å². The smallest absolute Gasteiger partial charge is 0.291 e. The minimum absolute atomic E-state index is 0.0349. The number of nitrogens with zero attached hydrogens (tertiary/aromatic N) is 2. The molecule has 1 aliphatic rings. The van der Waals surface area contributed by atoms with Crippen molar-refractivity contribution in [2.45, 2.75) is 45.2 Å². The number of carbonyl (C=O) groups excluding carboxylic acids is 2. The van der Waals surface area contributed by atoms with E-state index in [1.54, 1.807) is 53.1 Å². The fraction of sp³-hybridized carbons (Fsp3) is 0.259. The van der Waals surface area contributed by atoms with E-state index >= 15 is 0 Å². The molecule has 8 nitrogen and oxygen atoms in total. The van der Waals surface area contributed by atoms with Gasteiger partial charge in [0, 0.05) is 30.8 Å². The molecule has 0 aliphatic carbocycles. The molecule has 35 heavy (non-hydrogen) atoms. The third-order valence-corrected chi connectivity index (χ3v) is 6.21. The summed E-state index contributed by atoms with van der Waals surface area (Å²) in [5.74, 6) is 0.420. The zero-order valence-corrected chi connectivity index (χ0v) is 19.3. The Kier molecular flexibility index (Phi) is 6.43. The van der Waals surface area contributed by atoms with Gasteiger partial charge in [-0.1, -0.05) is 25.0 Å². The van der Waals surface area contributed by atoms with Gasteiger partial charge in [0.05, 0.1) is 17.2 Å². The van der Waals surface area contributed by atoms with Crippen LogP contribution in [0.25, 0.3) is 10.9 Å². The van der Waals surface area contributed by atoms with Crippen LogP contribution in [-0.2, 0) is 19.5 Å². The van der Waals surface area contributed by atoms with Crippen molar-refractivity contribution in [2.75, 3.05) is 5.32 Å². The Morgan fingerprint density at radius 3 is 2.71 bits per heavy atom. The largest absolute Gasteiger partial charge is 0.459 e. The molecule has 2 aromatic heterocycles. The van der Waals surface area contributed by atoms with Crippen molar-refractivity contribution >= 4 is 28.4 Å². The molecule has 0 saturated carbocycles. The van der Waals surface area contributed by atoms with Gasteiger partial charge in [-0.05, 0) is 60.9 Å². The Morgan fingerprint density at radius 1 is 0.971 bits per heavy atom. The second kappa shape index (κ2) is 9.97. The summed E-state index contributed by atoms with van der Waals surface area (Å²) >= 11 is 0. The van der Waals surface area contributed by atoms with Crippen LogP contribution in [0.2, 0.25) is 0 Å². The maximum atomic E-state index is 13.0. The second-order valence-electron chi connectivity index (χ2n) is 8.70. The number of fused-ring (bicyclic) bond motifs is 2. The molecule has 8 heteroatoms. The monoisotopic (exact) mass is 470 g/mol.